The highest BCUT2D eigenvalue weighted by molar-refractivity contribution is 7.12. The molecule has 6 heteroatoms. The fourth-order valence-electron chi connectivity index (χ4n) is 2.06. The first-order valence-corrected chi connectivity index (χ1v) is 7.66. The second-order valence-corrected chi connectivity index (χ2v) is 6.48. The molecule has 0 aliphatic heterocycles. The van der Waals surface area contributed by atoms with Crippen molar-refractivity contribution in [2.24, 2.45) is 0 Å². The van der Waals surface area contributed by atoms with E-state index in [1.54, 1.807) is 0 Å². The fraction of sp³-hybridized carbons (Fsp3) is 0.267. The molecule has 2 N–H and O–H groups in total. The van der Waals surface area contributed by atoms with Crippen LogP contribution in [0.4, 0.5) is 11.4 Å². The van der Waals surface area contributed by atoms with Crippen LogP contribution in [-0.2, 0) is 17.8 Å². The molecule has 0 bridgehead atoms. The molecule has 1 aromatic heterocycles. The molecule has 2 aromatic rings. The minimum absolute atomic E-state index is 0.0742. The first-order chi connectivity index (χ1) is 9.97. The van der Waals surface area contributed by atoms with E-state index in [0.29, 0.717) is 11.6 Å². The van der Waals surface area contributed by atoms with Crippen LogP contribution in [0, 0.1) is 0 Å². The lowest BCUT2D eigenvalue weighted by atomic mass is 10.2. The molecular weight excluding hydrogens is 308 g/mol. The van der Waals surface area contributed by atoms with Gasteiger partial charge >= 0.3 is 5.97 Å². The number of carboxylic acid groups (broad SMARTS) is 1. The molecule has 0 aliphatic carbocycles. The summed E-state index contributed by atoms with van der Waals surface area (Å²) in [6, 6.07) is 9.56. The number of benzene rings is 1. The molecule has 0 saturated heterocycles. The normalized spacial score (nSPS) is 10.4. The van der Waals surface area contributed by atoms with E-state index in [1.807, 2.05) is 49.3 Å². The zero-order valence-electron chi connectivity index (χ0n) is 11.9. The first kappa shape index (κ1) is 15.7. The number of carbonyl (C=O) groups is 1. The topological polar surface area (TPSA) is 52.6 Å². The van der Waals surface area contributed by atoms with E-state index < -0.39 is 5.97 Å². The lowest BCUT2D eigenvalue weighted by Gasteiger charge is -2.19. The van der Waals surface area contributed by atoms with Crippen molar-refractivity contribution in [3.63, 3.8) is 0 Å². The number of nitrogens with zero attached hydrogens (tertiary/aromatic N) is 1. The molecule has 0 spiro atoms. The summed E-state index contributed by atoms with van der Waals surface area (Å²) in [5, 5.41) is 12.8. The average Bonchev–Trinajstić information content (AvgIpc) is 2.82. The van der Waals surface area contributed by atoms with E-state index in [9.17, 15) is 4.79 Å². The van der Waals surface area contributed by atoms with E-state index in [0.717, 1.165) is 21.1 Å². The highest BCUT2D eigenvalue weighted by Gasteiger charge is 2.09. The van der Waals surface area contributed by atoms with E-state index in [2.05, 4.69) is 5.32 Å². The van der Waals surface area contributed by atoms with Gasteiger partial charge in [0.15, 0.2) is 0 Å². The summed E-state index contributed by atoms with van der Waals surface area (Å²) in [7, 11) is 3.89. The van der Waals surface area contributed by atoms with Crippen LogP contribution in [-0.4, -0.2) is 25.2 Å². The summed E-state index contributed by atoms with van der Waals surface area (Å²) in [4.78, 5) is 14.6. The fourth-order valence-corrected chi connectivity index (χ4v) is 3.35. The van der Waals surface area contributed by atoms with Crippen molar-refractivity contribution in [1.82, 2.24) is 0 Å². The number of hydrogen-bond acceptors (Lipinski definition) is 4. The third kappa shape index (κ3) is 4.12. The van der Waals surface area contributed by atoms with Crippen LogP contribution in [0.1, 0.15) is 9.75 Å². The van der Waals surface area contributed by atoms with Crippen molar-refractivity contribution < 1.29 is 9.90 Å². The number of aliphatic carboxylic acids is 1. The third-order valence-electron chi connectivity index (χ3n) is 2.93. The highest BCUT2D eigenvalue weighted by Crippen LogP contribution is 2.33. The molecule has 1 aromatic carbocycles. The number of hydrogen-bond donors (Lipinski definition) is 2. The Labute approximate surface area is 133 Å². The Morgan fingerprint density at radius 2 is 2.00 bits per heavy atom. The van der Waals surface area contributed by atoms with Gasteiger partial charge < -0.3 is 15.3 Å². The molecule has 0 radical (unpaired) electrons. The van der Waals surface area contributed by atoms with E-state index in [1.165, 1.54) is 11.3 Å². The number of thiophene rings is 1. The van der Waals surface area contributed by atoms with Crippen molar-refractivity contribution in [3.05, 3.63) is 45.1 Å². The Hall–Kier alpha value is -1.72. The van der Waals surface area contributed by atoms with Gasteiger partial charge in [-0.15, -0.1) is 11.3 Å². The molecule has 0 atom stereocenters. The van der Waals surface area contributed by atoms with E-state index in [4.69, 9.17) is 16.7 Å². The molecule has 0 saturated carbocycles. The van der Waals surface area contributed by atoms with Crippen LogP contribution in [0.15, 0.2) is 30.3 Å². The minimum Gasteiger partial charge on any atom is -0.481 e. The number of halogens is 1. The molecule has 112 valence electrons. The second kappa shape index (κ2) is 6.83. The first-order valence-electron chi connectivity index (χ1n) is 6.46. The maximum absolute atomic E-state index is 10.7. The molecule has 0 fully saturated rings. The van der Waals surface area contributed by atoms with Crippen molar-refractivity contribution in [1.29, 1.82) is 0 Å². The van der Waals surface area contributed by atoms with Crippen LogP contribution in [0.25, 0.3) is 0 Å². The Morgan fingerprint density at radius 3 is 2.67 bits per heavy atom. The number of rotatable bonds is 6. The molecule has 0 unspecified atom stereocenters. The van der Waals surface area contributed by atoms with Crippen molar-refractivity contribution in [3.8, 4) is 0 Å². The Bertz CT molecular complexity index is 640. The predicted molar refractivity (Wildman–Crippen MR) is 88.8 cm³/mol. The van der Waals surface area contributed by atoms with Gasteiger partial charge in [-0.05, 0) is 24.3 Å². The molecule has 1 heterocycles. The zero-order chi connectivity index (χ0) is 15.4. The predicted octanol–water partition coefficient (Wildman–Crippen LogP) is 3.71. The lowest BCUT2D eigenvalue weighted by Crippen LogP contribution is -2.12. The van der Waals surface area contributed by atoms with Crippen molar-refractivity contribution in [2.45, 2.75) is 13.0 Å². The Morgan fingerprint density at radius 1 is 1.29 bits per heavy atom. The van der Waals surface area contributed by atoms with Gasteiger partial charge in [0.05, 0.1) is 22.8 Å². The summed E-state index contributed by atoms with van der Waals surface area (Å²) < 4.78 is 0. The standard InChI is InChI=1S/C15H17ClN2O2S/c1-18(2)15-12(16)4-3-5-13(15)17-9-11-7-6-10(21-11)8-14(19)20/h3-7,17H,8-9H2,1-2H3,(H,19,20). The van der Waals surface area contributed by atoms with E-state index in [-0.39, 0.29) is 6.42 Å². The van der Waals surface area contributed by atoms with Gasteiger partial charge in [-0.2, -0.15) is 0 Å². The summed E-state index contributed by atoms with van der Waals surface area (Å²) in [5.74, 6) is -0.805. The molecule has 0 amide bonds. The van der Waals surface area contributed by atoms with Crippen LogP contribution in [0.5, 0.6) is 0 Å². The number of anilines is 2. The largest absolute Gasteiger partial charge is 0.481 e. The number of para-hydroxylation sites is 1. The van der Waals surface area contributed by atoms with Gasteiger partial charge in [0.1, 0.15) is 0 Å². The van der Waals surface area contributed by atoms with Gasteiger partial charge in [0.25, 0.3) is 0 Å². The molecule has 21 heavy (non-hydrogen) atoms. The Balaban J connectivity index is 2.08. The van der Waals surface area contributed by atoms with E-state index >= 15 is 0 Å². The quantitative estimate of drug-likeness (QED) is 0.850. The molecular formula is C15H17ClN2O2S. The molecule has 4 nitrogen and oxygen atoms in total. The Kier molecular flexibility index (Phi) is 5.09. The van der Waals surface area contributed by atoms with Crippen LogP contribution in [0.2, 0.25) is 5.02 Å². The van der Waals surface area contributed by atoms with Crippen molar-refractivity contribution >= 4 is 40.3 Å². The van der Waals surface area contributed by atoms with Gasteiger partial charge in [-0.3, -0.25) is 4.79 Å². The smallest absolute Gasteiger partial charge is 0.308 e. The second-order valence-electron chi connectivity index (χ2n) is 4.82. The molecule has 2 rings (SSSR count). The third-order valence-corrected chi connectivity index (χ3v) is 4.32. The average molecular weight is 325 g/mol. The van der Waals surface area contributed by atoms with Gasteiger partial charge in [0.2, 0.25) is 0 Å². The summed E-state index contributed by atoms with van der Waals surface area (Å²) >= 11 is 7.73. The molecule has 0 aliphatic rings. The van der Waals surface area contributed by atoms with Crippen molar-refractivity contribution in [2.75, 3.05) is 24.3 Å². The maximum atomic E-state index is 10.7. The summed E-state index contributed by atoms with van der Waals surface area (Å²) in [6.45, 7) is 0.644. The zero-order valence-corrected chi connectivity index (χ0v) is 13.5. The van der Waals surface area contributed by atoms with Gasteiger partial charge in [-0.25, -0.2) is 0 Å². The van der Waals surface area contributed by atoms with Crippen LogP contribution in [0.3, 0.4) is 0 Å². The SMILES string of the molecule is CN(C)c1c(Cl)cccc1NCc1ccc(CC(=O)O)s1. The monoisotopic (exact) mass is 324 g/mol. The van der Waals surface area contributed by atoms with Crippen LogP contribution >= 0.6 is 22.9 Å². The highest BCUT2D eigenvalue weighted by atomic mass is 35.5. The van der Waals surface area contributed by atoms with Gasteiger partial charge in [-0.1, -0.05) is 17.7 Å². The minimum atomic E-state index is -0.805. The number of carboxylic acids is 1. The van der Waals surface area contributed by atoms with Crippen LogP contribution < -0.4 is 10.2 Å². The number of nitrogens with one attached hydrogen (secondary N) is 1. The lowest BCUT2D eigenvalue weighted by molar-refractivity contribution is -0.136. The van der Waals surface area contributed by atoms with Gasteiger partial charge in [0, 0.05) is 30.4 Å². The summed E-state index contributed by atoms with van der Waals surface area (Å²) in [6.07, 6.45) is 0.0742. The maximum Gasteiger partial charge on any atom is 0.308 e. The summed E-state index contributed by atoms with van der Waals surface area (Å²) in [5.41, 5.74) is 1.90.